The molecule has 150 valence electrons. The zero-order chi connectivity index (χ0) is 20.3. The van der Waals surface area contributed by atoms with Gasteiger partial charge in [0.2, 0.25) is 5.91 Å². The van der Waals surface area contributed by atoms with E-state index in [1.807, 2.05) is 34.2 Å². The molecule has 2 amide bonds. The predicted octanol–water partition coefficient (Wildman–Crippen LogP) is 4.78. The lowest BCUT2D eigenvalue weighted by molar-refractivity contribution is -0.128. The smallest absolute Gasteiger partial charge is 0.263 e. The van der Waals surface area contributed by atoms with Crippen LogP contribution in [0.25, 0.3) is 0 Å². The van der Waals surface area contributed by atoms with E-state index >= 15 is 0 Å². The lowest BCUT2D eigenvalue weighted by atomic mass is 9.87. The van der Waals surface area contributed by atoms with Gasteiger partial charge in [-0.15, -0.1) is 23.1 Å². The van der Waals surface area contributed by atoms with Crippen molar-refractivity contribution in [1.82, 2.24) is 9.80 Å². The van der Waals surface area contributed by atoms with Gasteiger partial charge < -0.3 is 9.80 Å². The molecule has 1 aromatic heterocycles. The molecule has 1 saturated heterocycles. The Bertz CT molecular complexity index is 810. The van der Waals surface area contributed by atoms with Crippen molar-refractivity contribution in [3.05, 3.63) is 57.8 Å². The van der Waals surface area contributed by atoms with E-state index in [4.69, 9.17) is 0 Å². The number of likely N-dealkylation sites (N-methyl/N-ethyl adjacent to an activating group) is 1. The summed E-state index contributed by atoms with van der Waals surface area (Å²) < 4.78 is 0. The van der Waals surface area contributed by atoms with Crippen LogP contribution in [-0.4, -0.2) is 47.0 Å². The minimum atomic E-state index is 0.0251. The van der Waals surface area contributed by atoms with E-state index in [0.717, 1.165) is 10.4 Å². The van der Waals surface area contributed by atoms with Crippen LogP contribution in [0, 0.1) is 0 Å². The van der Waals surface area contributed by atoms with Crippen LogP contribution < -0.4 is 0 Å². The number of rotatable bonds is 6. The molecule has 0 saturated carbocycles. The first kappa shape index (κ1) is 20.9. The summed E-state index contributed by atoms with van der Waals surface area (Å²) >= 11 is 3.12. The highest BCUT2D eigenvalue weighted by atomic mass is 32.2. The summed E-state index contributed by atoms with van der Waals surface area (Å²) in [5, 5.41) is 1.94. The number of carbonyl (C=O) groups is 2. The average molecular weight is 417 g/mol. The van der Waals surface area contributed by atoms with Crippen molar-refractivity contribution in [2.45, 2.75) is 38.5 Å². The standard InChI is InChI=1S/C22H28N2O2S2/c1-5-23(20(26)18-7-6-14-27-18)12-13-24-19(25)15-28-21(24)16-8-10-17(11-9-16)22(2,3)4/h6-11,14,21H,5,12-13,15H2,1-4H3/t21-/m1/s1. The van der Waals surface area contributed by atoms with Gasteiger partial charge in [0.15, 0.2) is 0 Å². The molecular weight excluding hydrogens is 388 g/mol. The van der Waals surface area contributed by atoms with Crippen LogP contribution in [0.4, 0.5) is 0 Å². The lowest BCUT2D eigenvalue weighted by Gasteiger charge is -2.28. The Morgan fingerprint density at radius 2 is 1.93 bits per heavy atom. The maximum absolute atomic E-state index is 12.6. The second-order valence-corrected chi connectivity index (χ2v) is 10.0. The molecule has 28 heavy (non-hydrogen) atoms. The predicted molar refractivity (Wildman–Crippen MR) is 118 cm³/mol. The molecule has 0 aliphatic carbocycles. The number of hydrogen-bond donors (Lipinski definition) is 0. The summed E-state index contributed by atoms with van der Waals surface area (Å²) in [4.78, 5) is 29.6. The molecule has 1 aliphatic heterocycles. The van der Waals surface area contributed by atoms with Gasteiger partial charge in [-0.05, 0) is 34.9 Å². The Labute approximate surface area is 175 Å². The van der Waals surface area contributed by atoms with Crippen molar-refractivity contribution in [3.63, 3.8) is 0 Å². The third kappa shape index (κ3) is 4.61. The van der Waals surface area contributed by atoms with Crippen molar-refractivity contribution in [2.75, 3.05) is 25.4 Å². The van der Waals surface area contributed by atoms with E-state index < -0.39 is 0 Å². The molecule has 0 radical (unpaired) electrons. The summed E-state index contributed by atoms with van der Waals surface area (Å²) in [6, 6.07) is 12.3. The van der Waals surface area contributed by atoms with E-state index in [1.165, 1.54) is 16.9 Å². The van der Waals surface area contributed by atoms with E-state index in [-0.39, 0.29) is 22.6 Å². The van der Waals surface area contributed by atoms with Crippen molar-refractivity contribution in [2.24, 2.45) is 0 Å². The van der Waals surface area contributed by atoms with Gasteiger partial charge in [-0.25, -0.2) is 0 Å². The molecule has 2 aromatic rings. The fourth-order valence-electron chi connectivity index (χ4n) is 3.31. The first-order chi connectivity index (χ1) is 13.3. The monoisotopic (exact) mass is 416 g/mol. The maximum Gasteiger partial charge on any atom is 0.263 e. The lowest BCUT2D eigenvalue weighted by Crippen LogP contribution is -2.39. The number of carbonyl (C=O) groups excluding carboxylic acids is 2. The van der Waals surface area contributed by atoms with Gasteiger partial charge in [0.05, 0.1) is 10.6 Å². The first-order valence-electron chi connectivity index (χ1n) is 9.65. The highest BCUT2D eigenvalue weighted by Gasteiger charge is 2.33. The summed E-state index contributed by atoms with van der Waals surface area (Å²) in [5.74, 6) is 0.689. The minimum Gasteiger partial charge on any atom is -0.336 e. The molecule has 4 nitrogen and oxygen atoms in total. The van der Waals surface area contributed by atoms with Crippen LogP contribution in [0.3, 0.4) is 0 Å². The van der Waals surface area contributed by atoms with E-state index in [9.17, 15) is 9.59 Å². The van der Waals surface area contributed by atoms with Crippen LogP contribution in [-0.2, 0) is 10.2 Å². The fourth-order valence-corrected chi connectivity index (χ4v) is 5.22. The number of benzene rings is 1. The summed E-state index contributed by atoms with van der Waals surface area (Å²) in [6.45, 7) is 10.3. The Hall–Kier alpha value is -1.79. The van der Waals surface area contributed by atoms with Crippen molar-refractivity contribution in [1.29, 1.82) is 0 Å². The molecule has 6 heteroatoms. The summed E-state index contributed by atoms with van der Waals surface area (Å²) in [6.07, 6.45) is 0. The van der Waals surface area contributed by atoms with Gasteiger partial charge in [0, 0.05) is 19.6 Å². The Kier molecular flexibility index (Phi) is 6.50. The molecule has 2 heterocycles. The molecule has 1 aliphatic rings. The number of thiophene rings is 1. The van der Waals surface area contributed by atoms with Gasteiger partial charge in [-0.2, -0.15) is 0 Å². The van der Waals surface area contributed by atoms with Crippen LogP contribution >= 0.6 is 23.1 Å². The SMILES string of the molecule is CCN(CCN1C(=O)CS[C@@H]1c1ccc(C(C)(C)C)cc1)C(=O)c1cccs1. The Balaban J connectivity index is 1.69. The van der Waals surface area contributed by atoms with Crippen molar-refractivity contribution >= 4 is 34.9 Å². The molecule has 1 fully saturated rings. The van der Waals surface area contributed by atoms with Gasteiger partial charge >= 0.3 is 0 Å². The Morgan fingerprint density at radius 3 is 2.50 bits per heavy atom. The normalized spacial score (nSPS) is 17.2. The van der Waals surface area contributed by atoms with E-state index in [2.05, 4.69) is 45.0 Å². The van der Waals surface area contributed by atoms with Gasteiger partial charge in [-0.1, -0.05) is 51.1 Å². The fraction of sp³-hybridized carbons (Fsp3) is 0.455. The van der Waals surface area contributed by atoms with E-state index in [0.29, 0.717) is 25.4 Å². The molecule has 1 aromatic carbocycles. The minimum absolute atomic E-state index is 0.0251. The Morgan fingerprint density at radius 1 is 1.21 bits per heavy atom. The molecule has 1 atom stereocenters. The summed E-state index contributed by atoms with van der Waals surface area (Å²) in [7, 11) is 0. The summed E-state index contributed by atoms with van der Waals surface area (Å²) in [5.41, 5.74) is 2.55. The molecule has 0 N–H and O–H groups in total. The number of amides is 2. The molecule has 0 spiro atoms. The highest BCUT2D eigenvalue weighted by Crippen LogP contribution is 2.39. The zero-order valence-electron chi connectivity index (χ0n) is 17.0. The van der Waals surface area contributed by atoms with Crippen LogP contribution in [0.2, 0.25) is 0 Å². The topological polar surface area (TPSA) is 40.6 Å². The molecule has 0 bridgehead atoms. The van der Waals surface area contributed by atoms with Crippen LogP contribution in [0.1, 0.15) is 53.9 Å². The zero-order valence-corrected chi connectivity index (χ0v) is 18.6. The van der Waals surface area contributed by atoms with Crippen molar-refractivity contribution < 1.29 is 9.59 Å². The third-order valence-electron chi connectivity index (χ3n) is 5.04. The first-order valence-corrected chi connectivity index (χ1v) is 11.6. The van der Waals surface area contributed by atoms with Gasteiger partial charge in [0.25, 0.3) is 5.91 Å². The average Bonchev–Trinajstić information content (AvgIpc) is 3.32. The van der Waals surface area contributed by atoms with Gasteiger partial charge in [0.1, 0.15) is 5.37 Å². The molecule has 0 unspecified atom stereocenters. The number of hydrogen-bond acceptors (Lipinski definition) is 4. The van der Waals surface area contributed by atoms with Crippen LogP contribution in [0.5, 0.6) is 0 Å². The largest absolute Gasteiger partial charge is 0.336 e. The second-order valence-electron chi connectivity index (χ2n) is 7.98. The number of thioether (sulfide) groups is 1. The van der Waals surface area contributed by atoms with Gasteiger partial charge in [-0.3, -0.25) is 9.59 Å². The third-order valence-corrected chi connectivity index (χ3v) is 7.16. The van der Waals surface area contributed by atoms with E-state index in [1.54, 1.807) is 11.8 Å². The molecular formula is C22H28N2O2S2. The van der Waals surface area contributed by atoms with Crippen molar-refractivity contribution in [3.8, 4) is 0 Å². The highest BCUT2D eigenvalue weighted by molar-refractivity contribution is 8.00. The molecule has 3 rings (SSSR count). The quantitative estimate of drug-likeness (QED) is 0.680. The number of nitrogens with zero attached hydrogens (tertiary/aromatic N) is 2. The maximum atomic E-state index is 12.6. The second kappa shape index (κ2) is 8.70. The van der Waals surface area contributed by atoms with Crippen LogP contribution in [0.15, 0.2) is 41.8 Å².